The van der Waals surface area contributed by atoms with Gasteiger partial charge >= 0.3 is 41.8 Å². The van der Waals surface area contributed by atoms with Gasteiger partial charge in [0, 0.05) is 44.9 Å². The zero-order valence-corrected chi connectivity index (χ0v) is 30.0. The molecule has 2 heterocycles. The molecule has 2 rings (SSSR count). The van der Waals surface area contributed by atoms with Crippen molar-refractivity contribution in [1.29, 1.82) is 0 Å². The van der Waals surface area contributed by atoms with Gasteiger partial charge in [0.15, 0.2) is 43.1 Å². The second kappa shape index (κ2) is 21.5. The number of esters is 7. The number of carbonyl (C=O) groups is 7. The van der Waals surface area contributed by atoms with E-state index in [2.05, 4.69) is 0 Å². The molecule has 2 aliphatic rings. The molecule has 0 aromatic rings. The topological polar surface area (TPSA) is 232 Å². The molecule has 2 saturated heterocycles. The molecule has 0 aromatic carbocycles. The fourth-order valence-electron chi connectivity index (χ4n) is 4.86. The molecule has 0 bridgehead atoms. The minimum absolute atomic E-state index is 0.0285. The lowest BCUT2D eigenvalue weighted by molar-refractivity contribution is -0.357. The predicted molar refractivity (Wildman–Crippen MR) is 168 cm³/mol. The minimum atomic E-state index is -1.90. The normalized spacial score (nSPS) is 28.8. The van der Waals surface area contributed by atoms with Crippen molar-refractivity contribution in [2.75, 3.05) is 13.2 Å². The van der Waals surface area contributed by atoms with Crippen LogP contribution in [0.3, 0.4) is 0 Å². The largest absolute Gasteiger partial charge is 0.463 e. The smallest absolute Gasteiger partial charge is 0.306 e. The number of carbonyl (C=O) groups excluding carboxylic acids is 7. The van der Waals surface area contributed by atoms with Gasteiger partial charge in [0.1, 0.15) is 31.5 Å². The fourth-order valence-corrected chi connectivity index (χ4v) is 4.86. The van der Waals surface area contributed by atoms with Gasteiger partial charge in [0.2, 0.25) is 0 Å². The van der Waals surface area contributed by atoms with Crippen LogP contribution in [0.1, 0.15) is 93.4 Å². The quantitative estimate of drug-likeness (QED) is 0.155. The summed E-state index contributed by atoms with van der Waals surface area (Å²) in [6.45, 7) is 9.41. The van der Waals surface area contributed by atoms with Gasteiger partial charge in [-0.25, -0.2) is 0 Å². The van der Waals surface area contributed by atoms with Crippen molar-refractivity contribution in [3.63, 3.8) is 0 Å². The Kier molecular flexibility index (Phi) is 18.2. The van der Waals surface area contributed by atoms with Crippen molar-refractivity contribution in [2.24, 2.45) is 0 Å². The minimum Gasteiger partial charge on any atom is -0.463 e. The molecule has 18 nitrogen and oxygen atoms in total. The molecule has 0 amide bonds. The van der Waals surface area contributed by atoms with Crippen molar-refractivity contribution in [2.45, 2.75) is 155 Å². The van der Waals surface area contributed by atoms with Crippen LogP contribution in [0.4, 0.5) is 0 Å². The predicted octanol–water partition coefficient (Wildman–Crippen LogP) is 1.33. The van der Waals surface area contributed by atoms with Crippen molar-refractivity contribution < 1.29 is 86.0 Å². The van der Waals surface area contributed by atoms with Crippen LogP contribution in [0.5, 0.6) is 0 Å². The molecule has 18 heteroatoms. The molecule has 0 saturated carbocycles. The molecule has 2 fully saturated rings. The summed E-state index contributed by atoms with van der Waals surface area (Å²) in [5, 5.41) is 10.9. The van der Waals surface area contributed by atoms with Gasteiger partial charge in [-0.2, -0.15) is 0 Å². The molecule has 51 heavy (non-hydrogen) atoms. The summed E-state index contributed by atoms with van der Waals surface area (Å²) in [6.07, 6.45) is -17.1. The van der Waals surface area contributed by atoms with E-state index in [-0.39, 0.29) is 44.9 Å². The van der Waals surface area contributed by atoms with Crippen LogP contribution in [-0.2, 0) is 80.9 Å². The first-order chi connectivity index (χ1) is 24.3. The van der Waals surface area contributed by atoms with Crippen LogP contribution in [-0.4, -0.2) is 122 Å². The maximum absolute atomic E-state index is 12.8. The molecular weight excluding hydrogens is 684 g/mol. The van der Waals surface area contributed by atoms with Crippen LogP contribution in [0.15, 0.2) is 0 Å². The van der Waals surface area contributed by atoms with Crippen molar-refractivity contribution in [3.8, 4) is 0 Å². The lowest BCUT2D eigenvalue weighted by Crippen LogP contribution is -2.67. The van der Waals surface area contributed by atoms with Crippen LogP contribution in [0.2, 0.25) is 0 Å². The van der Waals surface area contributed by atoms with E-state index in [9.17, 15) is 38.7 Å². The van der Waals surface area contributed by atoms with E-state index in [4.69, 9.17) is 47.4 Å². The molecule has 0 spiro atoms. The van der Waals surface area contributed by atoms with Crippen molar-refractivity contribution >= 4 is 41.8 Å². The van der Waals surface area contributed by atoms with Crippen molar-refractivity contribution in [1.82, 2.24) is 0 Å². The molecule has 0 aliphatic carbocycles. The van der Waals surface area contributed by atoms with E-state index < -0.39 is 116 Å². The molecule has 2 aliphatic heterocycles. The summed E-state index contributed by atoms with van der Waals surface area (Å²) >= 11 is 0. The Hall–Kier alpha value is -3.87. The molecule has 10 atom stereocenters. The third-order valence-electron chi connectivity index (χ3n) is 7.67. The summed E-state index contributed by atoms with van der Waals surface area (Å²) in [6, 6.07) is 0. The van der Waals surface area contributed by atoms with Gasteiger partial charge in [-0.15, -0.1) is 0 Å². The van der Waals surface area contributed by atoms with Gasteiger partial charge < -0.3 is 52.5 Å². The first-order valence-corrected chi connectivity index (χ1v) is 17.2. The van der Waals surface area contributed by atoms with E-state index in [1.54, 1.807) is 6.92 Å². The maximum atomic E-state index is 12.8. The second-order valence-corrected chi connectivity index (χ2v) is 11.3. The number of hydrogen-bond donors (Lipinski definition) is 1. The third kappa shape index (κ3) is 12.7. The van der Waals surface area contributed by atoms with Gasteiger partial charge in [-0.3, -0.25) is 33.6 Å². The monoisotopic (exact) mass is 734 g/mol. The Bertz CT molecular complexity index is 1200. The summed E-state index contributed by atoms with van der Waals surface area (Å²) in [7, 11) is 0. The molecule has 1 N–H and O–H groups in total. The highest BCUT2D eigenvalue weighted by atomic mass is 16.8. The maximum Gasteiger partial charge on any atom is 0.306 e. The molecule has 290 valence electrons. The standard InChI is InChI=1S/C33H50O18/c1-8-19(34)42-15-17-27(28(47-22(37)11-4)30(32(41)44-17)49-24(39)13-6)51-33-31(50-25(40)14-7)29(48-23(38)12-5)26(46-21(36)10-3)18(45-33)16-43-20(35)9-2/h17-18,26-33,41H,8-16H2,1-7H3/t17?,18?,26-,27+,28-,29-,30?,31?,32+,33-/m0/s1. The summed E-state index contributed by atoms with van der Waals surface area (Å²) in [4.78, 5) is 87.7. The molecule has 4 unspecified atom stereocenters. The average Bonchev–Trinajstić information content (AvgIpc) is 3.13. The Morgan fingerprint density at radius 3 is 1.18 bits per heavy atom. The van der Waals surface area contributed by atoms with E-state index >= 15 is 0 Å². The Morgan fingerprint density at radius 2 is 0.765 bits per heavy atom. The van der Waals surface area contributed by atoms with Crippen LogP contribution in [0, 0.1) is 0 Å². The van der Waals surface area contributed by atoms with Crippen molar-refractivity contribution in [3.05, 3.63) is 0 Å². The van der Waals surface area contributed by atoms with E-state index in [0.717, 1.165) is 0 Å². The zero-order chi connectivity index (χ0) is 38.2. The van der Waals surface area contributed by atoms with Crippen LogP contribution in [0.25, 0.3) is 0 Å². The molecule has 0 radical (unpaired) electrons. The van der Waals surface area contributed by atoms with E-state index in [0.29, 0.717) is 0 Å². The number of hydrogen-bond acceptors (Lipinski definition) is 18. The Balaban J connectivity index is 2.77. The fraction of sp³-hybridized carbons (Fsp3) is 0.788. The van der Waals surface area contributed by atoms with Crippen LogP contribution < -0.4 is 0 Å². The lowest BCUT2D eigenvalue weighted by Gasteiger charge is -2.48. The lowest BCUT2D eigenvalue weighted by atomic mass is 9.96. The van der Waals surface area contributed by atoms with E-state index in [1.165, 1.54) is 41.5 Å². The molecule has 0 aromatic heterocycles. The van der Waals surface area contributed by atoms with Crippen LogP contribution >= 0.6 is 0 Å². The number of aliphatic hydroxyl groups is 1. The highest BCUT2D eigenvalue weighted by Crippen LogP contribution is 2.35. The summed E-state index contributed by atoms with van der Waals surface area (Å²) in [5.41, 5.74) is 0. The summed E-state index contributed by atoms with van der Waals surface area (Å²) in [5.74, 6) is -5.31. The van der Waals surface area contributed by atoms with Gasteiger partial charge in [-0.1, -0.05) is 48.5 Å². The Labute approximate surface area is 295 Å². The Morgan fingerprint density at radius 1 is 0.431 bits per heavy atom. The zero-order valence-electron chi connectivity index (χ0n) is 30.0. The first kappa shape index (κ1) is 43.3. The third-order valence-corrected chi connectivity index (χ3v) is 7.67. The summed E-state index contributed by atoms with van der Waals surface area (Å²) < 4.78 is 56.8. The highest BCUT2D eigenvalue weighted by Gasteiger charge is 2.57. The SMILES string of the molecule is CCC(=O)OCC1O[C@@H](O)C(OC(=O)CC)[C@@H](OC(=O)CC)[C@@H]1O[C@@H]1OC(COC(=O)CC)[C@H](OC(=O)CC)[C@H](OC(=O)CC)C1OC(=O)CC. The van der Waals surface area contributed by atoms with E-state index in [1.807, 2.05) is 0 Å². The number of rotatable bonds is 18. The number of aliphatic hydroxyl groups excluding tert-OH is 1. The second-order valence-electron chi connectivity index (χ2n) is 11.3. The van der Waals surface area contributed by atoms with Gasteiger partial charge in [-0.05, 0) is 0 Å². The number of ether oxygens (including phenoxy) is 10. The van der Waals surface area contributed by atoms with Gasteiger partial charge in [0.25, 0.3) is 0 Å². The average molecular weight is 735 g/mol. The highest BCUT2D eigenvalue weighted by molar-refractivity contribution is 5.72. The first-order valence-electron chi connectivity index (χ1n) is 17.2. The molecular formula is C33H50O18. The van der Waals surface area contributed by atoms with Gasteiger partial charge in [0.05, 0.1) is 0 Å².